The smallest absolute Gasteiger partial charge is 0.193 e. The number of hydrogen-bond acceptors (Lipinski definition) is 2. The van der Waals surface area contributed by atoms with Crippen LogP contribution in [-0.4, -0.2) is 15.2 Å². The second kappa shape index (κ2) is 2.83. The first-order valence-corrected chi connectivity index (χ1v) is 3.81. The van der Waals surface area contributed by atoms with Crippen molar-refractivity contribution in [2.24, 2.45) is 0 Å². The molecule has 3 N–H and O–H groups in total. The van der Waals surface area contributed by atoms with E-state index in [1.54, 1.807) is 12.1 Å². The molecular formula is C9H8FNO2. The molecule has 4 heteroatoms. The lowest BCUT2D eigenvalue weighted by Gasteiger charge is -1.96. The van der Waals surface area contributed by atoms with Crippen LogP contribution in [-0.2, 0) is 0 Å². The van der Waals surface area contributed by atoms with E-state index in [9.17, 15) is 4.39 Å². The SMILES string of the molecule is OC(O)c1cc2ccc(F)cc2[nH]1. The predicted molar refractivity (Wildman–Crippen MR) is 45.4 cm³/mol. The van der Waals surface area contributed by atoms with Crippen LogP contribution in [0.15, 0.2) is 24.3 Å². The molecule has 2 aromatic rings. The van der Waals surface area contributed by atoms with Gasteiger partial charge in [0.05, 0.1) is 5.69 Å². The van der Waals surface area contributed by atoms with E-state index in [1.807, 2.05) is 0 Å². The number of fused-ring (bicyclic) bond motifs is 1. The van der Waals surface area contributed by atoms with E-state index >= 15 is 0 Å². The summed E-state index contributed by atoms with van der Waals surface area (Å²) in [5, 5.41) is 18.4. The number of aromatic amines is 1. The molecule has 0 fully saturated rings. The van der Waals surface area contributed by atoms with Crippen LogP contribution in [0.1, 0.15) is 12.0 Å². The molecule has 2 rings (SSSR count). The number of nitrogens with one attached hydrogen (secondary N) is 1. The van der Waals surface area contributed by atoms with Gasteiger partial charge in [0.1, 0.15) is 5.82 Å². The molecule has 0 atom stereocenters. The Morgan fingerprint density at radius 2 is 2.00 bits per heavy atom. The minimum Gasteiger partial charge on any atom is -0.363 e. The van der Waals surface area contributed by atoms with Crippen LogP contribution in [0.5, 0.6) is 0 Å². The summed E-state index contributed by atoms with van der Waals surface area (Å²) < 4.78 is 12.7. The van der Waals surface area contributed by atoms with Gasteiger partial charge in [-0.25, -0.2) is 4.39 Å². The maximum atomic E-state index is 12.7. The first-order chi connectivity index (χ1) is 6.16. The van der Waals surface area contributed by atoms with Crippen molar-refractivity contribution in [3.63, 3.8) is 0 Å². The minimum absolute atomic E-state index is 0.264. The summed E-state index contributed by atoms with van der Waals surface area (Å²) in [5.41, 5.74) is 0.823. The molecule has 0 saturated carbocycles. The summed E-state index contributed by atoms with van der Waals surface area (Å²) in [6.07, 6.45) is -1.55. The molecular weight excluding hydrogens is 173 g/mol. The van der Waals surface area contributed by atoms with E-state index in [2.05, 4.69) is 4.98 Å². The molecule has 0 spiro atoms. The lowest BCUT2D eigenvalue weighted by atomic mass is 10.2. The lowest BCUT2D eigenvalue weighted by Crippen LogP contribution is -1.93. The zero-order valence-corrected chi connectivity index (χ0v) is 6.66. The molecule has 0 bridgehead atoms. The molecule has 13 heavy (non-hydrogen) atoms. The number of hydrogen-bond donors (Lipinski definition) is 3. The molecule has 68 valence electrons. The number of aliphatic hydroxyl groups is 2. The van der Waals surface area contributed by atoms with Crippen molar-refractivity contribution >= 4 is 10.9 Å². The molecule has 0 unspecified atom stereocenters. The maximum absolute atomic E-state index is 12.7. The van der Waals surface area contributed by atoms with Crippen molar-refractivity contribution in [3.8, 4) is 0 Å². The van der Waals surface area contributed by atoms with Crippen molar-refractivity contribution in [2.75, 3.05) is 0 Å². The standard InChI is InChI=1S/C9H8FNO2/c10-6-2-1-5-3-8(9(12)13)11-7(5)4-6/h1-4,9,11-13H. The fourth-order valence-electron chi connectivity index (χ4n) is 1.26. The van der Waals surface area contributed by atoms with Gasteiger partial charge in [-0.05, 0) is 24.3 Å². The second-order valence-electron chi connectivity index (χ2n) is 2.83. The number of aliphatic hydroxyl groups excluding tert-OH is 1. The molecule has 0 aliphatic heterocycles. The van der Waals surface area contributed by atoms with Crippen LogP contribution in [0.25, 0.3) is 10.9 Å². The van der Waals surface area contributed by atoms with E-state index in [0.717, 1.165) is 5.39 Å². The zero-order chi connectivity index (χ0) is 9.42. The van der Waals surface area contributed by atoms with Crippen LogP contribution >= 0.6 is 0 Å². The molecule has 1 aromatic carbocycles. The Kier molecular flexibility index (Phi) is 1.79. The Bertz CT molecular complexity index is 436. The van der Waals surface area contributed by atoms with Gasteiger partial charge in [0.25, 0.3) is 0 Å². The van der Waals surface area contributed by atoms with Crippen molar-refractivity contribution in [1.29, 1.82) is 0 Å². The summed E-state index contributed by atoms with van der Waals surface area (Å²) in [5.74, 6) is -0.353. The quantitative estimate of drug-likeness (QED) is 0.580. The average Bonchev–Trinajstić information content (AvgIpc) is 2.46. The van der Waals surface area contributed by atoms with Gasteiger partial charge in [-0.2, -0.15) is 0 Å². The van der Waals surface area contributed by atoms with Crippen molar-refractivity contribution in [1.82, 2.24) is 4.98 Å². The van der Waals surface area contributed by atoms with Crippen molar-refractivity contribution in [2.45, 2.75) is 6.29 Å². The molecule has 1 heterocycles. The van der Waals surface area contributed by atoms with E-state index < -0.39 is 6.29 Å². The Morgan fingerprint density at radius 1 is 1.23 bits per heavy atom. The summed E-state index contributed by atoms with van der Waals surface area (Å²) in [7, 11) is 0. The number of H-pyrrole nitrogens is 1. The van der Waals surface area contributed by atoms with Gasteiger partial charge in [0, 0.05) is 10.9 Å². The number of halogens is 1. The number of aromatic nitrogens is 1. The van der Waals surface area contributed by atoms with Crippen molar-refractivity contribution < 1.29 is 14.6 Å². The van der Waals surface area contributed by atoms with Gasteiger partial charge >= 0.3 is 0 Å². The fraction of sp³-hybridized carbons (Fsp3) is 0.111. The average molecular weight is 181 g/mol. The highest BCUT2D eigenvalue weighted by Gasteiger charge is 2.06. The van der Waals surface area contributed by atoms with Crippen LogP contribution in [0.3, 0.4) is 0 Å². The third kappa shape index (κ3) is 1.41. The van der Waals surface area contributed by atoms with Crippen molar-refractivity contribution in [3.05, 3.63) is 35.8 Å². The Labute approximate surface area is 73.4 Å². The monoisotopic (exact) mass is 181 g/mol. The van der Waals surface area contributed by atoms with E-state index in [0.29, 0.717) is 5.52 Å². The van der Waals surface area contributed by atoms with Gasteiger partial charge in [-0.1, -0.05) is 0 Å². The topological polar surface area (TPSA) is 56.2 Å². The number of benzene rings is 1. The van der Waals surface area contributed by atoms with Gasteiger partial charge in [-0.15, -0.1) is 0 Å². The molecule has 3 nitrogen and oxygen atoms in total. The largest absolute Gasteiger partial charge is 0.363 e. The highest BCUT2D eigenvalue weighted by molar-refractivity contribution is 5.80. The first-order valence-electron chi connectivity index (χ1n) is 3.81. The van der Waals surface area contributed by atoms with Gasteiger partial charge < -0.3 is 15.2 Å². The number of rotatable bonds is 1. The van der Waals surface area contributed by atoms with Crippen LogP contribution in [0.2, 0.25) is 0 Å². The minimum atomic E-state index is -1.55. The van der Waals surface area contributed by atoms with Gasteiger partial charge in [-0.3, -0.25) is 0 Å². The first kappa shape index (κ1) is 8.22. The predicted octanol–water partition coefficient (Wildman–Crippen LogP) is 1.29. The van der Waals surface area contributed by atoms with E-state index in [4.69, 9.17) is 10.2 Å². The second-order valence-corrected chi connectivity index (χ2v) is 2.83. The summed E-state index contributed by atoms with van der Waals surface area (Å²) in [6, 6.07) is 5.78. The van der Waals surface area contributed by atoms with Gasteiger partial charge in [0.15, 0.2) is 6.29 Å². The van der Waals surface area contributed by atoms with E-state index in [-0.39, 0.29) is 11.5 Å². The molecule has 0 aliphatic carbocycles. The molecule has 1 aromatic heterocycles. The fourth-order valence-corrected chi connectivity index (χ4v) is 1.26. The van der Waals surface area contributed by atoms with Gasteiger partial charge in [0.2, 0.25) is 0 Å². The van der Waals surface area contributed by atoms with Crippen LogP contribution in [0.4, 0.5) is 4.39 Å². The van der Waals surface area contributed by atoms with Crippen LogP contribution < -0.4 is 0 Å². The highest BCUT2D eigenvalue weighted by Crippen LogP contribution is 2.19. The third-order valence-electron chi connectivity index (χ3n) is 1.88. The molecule has 0 radical (unpaired) electrons. The molecule has 0 amide bonds. The normalized spacial score (nSPS) is 11.4. The Hall–Kier alpha value is -1.39. The zero-order valence-electron chi connectivity index (χ0n) is 6.66. The summed E-state index contributed by atoms with van der Waals surface area (Å²) in [6.45, 7) is 0. The van der Waals surface area contributed by atoms with E-state index in [1.165, 1.54) is 12.1 Å². The molecule has 0 saturated heterocycles. The third-order valence-corrected chi connectivity index (χ3v) is 1.88. The van der Waals surface area contributed by atoms with Crippen LogP contribution in [0, 0.1) is 5.82 Å². The summed E-state index contributed by atoms with van der Waals surface area (Å²) >= 11 is 0. The Balaban J connectivity index is 2.62. The lowest BCUT2D eigenvalue weighted by molar-refractivity contribution is -0.0453. The highest BCUT2D eigenvalue weighted by atomic mass is 19.1. The summed E-state index contributed by atoms with van der Waals surface area (Å²) in [4.78, 5) is 2.70. The Morgan fingerprint density at radius 3 is 2.69 bits per heavy atom. The maximum Gasteiger partial charge on any atom is 0.193 e. The molecule has 0 aliphatic rings.